The summed E-state index contributed by atoms with van der Waals surface area (Å²) in [5.41, 5.74) is 1.58. The number of hydrogen-bond donors (Lipinski definition) is 2. The highest BCUT2D eigenvalue weighted by Crippen LogP contribution is 2.26. The van der Waals surface area contributed by atoms with E-state index in [1.54, 1.807) is 6.92 Å². The number of aromatic amines is 1. The van der Waals surface area contributed by atoms with Crippen molar-refractivity contribution in [1.82, 2.24) is 13.5 Å². The fourth-order valence-corrected chi connectivity index (χ4v) is 3.79. The SMILES string of the molecule is Cc1nc2ccc(CN(C)c3ccc(C(=O)NI)s3)cc2c(=O)[nH]1. The van der Waals surface area contributed by atoms with E-state index in [-0.39, 0.29) is 11.5 Å². The molecular weight excluding hydrogens is 439 g/mol. The highest BCUT2D eigenvalue weighted by molar-refractivity contribution is 14.1. The summed E-state index contributed by atoms with van der Waals surface area (Å²) < 4.78 is 2.59. The summed E-state index contributed by atoms with van der Waals surface area (Å²) in [7, 11) is 1.96. The van der Waals surface area contributed by atoms with Gasteiger partial charge in [0.15, 0.2) is 0 Å². The molecule has 0 aliphatic heterocycles. The van der Waals surface area contributed by atoms with Gasteiger partial charge in [-0.25, -0.2) is 4.98 Å². The Balaban J connectivity index is 1.85. The zero-order chi connectivity index (χ0) is 17.3. The average molecular weight is 454 g/mol. The van der Waals surface area contributed by atoms with Gasteiger partial charge in [-0.3, -0.25) is 13.1 Å². The molecule has 3 aromatic rings. The van der Waals surface area contributed by atoms with E-state index >= 15 is 0 Å². The van der Waals surface area contributed by atoms with E-state index < -0.39 is 0 Å². The highest BCUT2D eigenvalue weighted by Gasteiger charge is 2.11. The van der Waals surface area contributed by atoms with Crippen molar-refractivity contribution in [2.24, 2.45) is 0 Å². The number of hydrogen-bond acceptors (Lipinski definition) is 5. The molecule has 0 saturated heterocycles. The van der Waals surface area contributed by atoms with Gasteiger partial charge in [-0.15, -0.1) is 11.3 Å². The van der Waals surface area contributed by atoms with Crippen molar-refractivity contribution in [2.75, 3.05) is 11.9 Å². The van der Waals surface area contributed by atoms with Crippen molar-refractivity contribution in [2.45, 2.75) is 13.5 Å². The average Bonchev–Trinajstić information content (AvgIpc) is 3.04. The second-order valence-electron chi connectivity index (χ2n) is 5.42. The fraction of sp³-hybridized carbons (Fsp3) is 0.188. The van der Waals surface area contributed by atoms with E-state index in [4.69, 9.17) is 0 Å². The number of aryl methyl sites for hydroxylation is 1. The first-order valence-corrected chi connectivity index (χ1v) is 9.09. The molecule has 0 fully saturated rings. The Labute approximate surface area is 156 Å². The smallest absolute Gasteiger partial charge is 0.270 e. The lowest BCUT2D eigenvalue weighted by atomic mass is 10.1. The summed E-state index contributed by atoms with van der Waals surface area (Å²) in [6, 6.07) is 9.43. The lowest BCUT2D eigenvalue weighted by Crippen LogP contribution is -2.16. The molecule has 124 valence electrons. The monoisotopic (exact) mass is 454 g/mol. The first-order chi connectivity index (χ1) is 11.5. The Morgan fingerprint density at radius 2 is 2.17 bits per heavy atom. The molecule has 0 radical (unpaired) electrons. The topological polar surface area (TPSA) is 78.1 Å². The number of nitrogens with one attached hydrogen (secondary N) is 2. The van der Waals surface area contributed by atoms with Crippen LogP contribution in [0.3, 0.4) is 0 Å². The summed E-state index contributed by atoms with van der Waals surface area (Å²) in [5, 5.41) is 1.57. The van der Waals surface area contributed by atoms with Crippen molar-refractivity contribution < 1.29 is 4.79 Å². The number of H-pyrrole nitrogens is 1. The number of rotatable bonds is 4. The lowest BCUT2D eigenvalue weighted by molar-refractivity contribution is 0.0993. The number of fused-ring (bicyclic) bond motifs is 1. The van der Waals surface area contributed by atoms with Crippen molar-refractivity contribution in [3.63, 3.8) is 0 Å². The molecule has 0 saturated carbocycles. The summed E-state index contributed by atoms with van der Waals surface area (Å²) in [4.78, 5) is 33.5. The van der Waals surface area contributed by atoms with Crippen LogP contribution in [0, 0.1) is 6.92 Å². The first kappa shape index (κ1) is 16.9. The number of benzene rings is 1. The molecule has 2 aromatic heterocycles. The van der Waals surface area contributed by atoms with Gasteiger partial charge in [0, 0.05) is 13.6 Å². The Bertz CT molecular complexity index is 966. The largest absolute Gasteiger partial charge is 0.362 e. The molecule has 3 rings (SSSR count). The zero-order valence-corrected chi connectivity index (χ0v) is 16.1. The number of aromatic nitrogens is 2. The molecule has 0 aliphatic rings. The third-order valence-corrected chi connectivity index (χ3v) is 5.27. The van der Waals surface area contributed by atoms with Crippen molar-refractivity contribution >= 4 is 56.0 Å². The molecule has 0 bridgehead atoms. The molecule has 24 heavy (non-hydrogen) atoms. The van der Waals surface area contributed by atoms with Crippen LogP contribution < -0.4 is 14.0 Å². The minimum absolute atomic E-state index is 0.0982. The van der Waals surface area contributed by atoms with Crippen molar-refractivity contribution in [3.8, 4) is 0 Å². The molecule has 0 spiro atoms. The maximum absolute atomic E-state index is 12.1. The number of carbonyl (C=O) groups is 1. The maximum Gasteiger partial charge on any atom is 0.270 e. The van der Waals surface area contributed by atoms with E-state index in [0.29, 0.717) is 28.1 Å². The van der Waals surface area contributed by atoms with Gasteiger partial charge in [0.2, 0.25) is 0 Å². The Morgan fingerprint density at radius 1 is 1.38 bits per heavy atom. The molecular formula is C16H15IN4O2S. The molecule has 0 atom stereocenters. The number of amides is 1. The van der Waals surface area contributed by atoms with Crippen LogP contribution in [0.1, 0.15) is 21.1 Å². The second-order valence-corrected chi connectivity index (χ2v) is 7.02. The zero-order valence-electron chi connectivity index (χ0n) is 13.1. The lowest BCUT2D eigenvalue weighted by Gasteiger charge is -2.17. The molecule has 1 amide bonds. The van der Waals surface area contributed by atoms with Crippen LogP contribution in [0.25, 0.3) is 10.9 Å². The quantitative estimate of drug-likeness (QED) is 0.470. The van der Waals surface area contributed by atoms with E-state index in [1.807, 2.05) is 65.1 Å². The summed E-state index contributed by atoms with van der Waals surface area (Å²) in [6.07, 6.45) is 0. The Kier molecular flexibility index (Phi) is 4.86. The van der Waals surface area contributed by atoms with Gasteiger partial charge in [-0.1, -0.05) is 6.07 Å². The molecule has 0 aliphatic carbocycles. The second kappa shape index (κ2) is 6.89. The van der Waals surface area contributed by atoms with Crippen molar-refractivity contribution in [3.05, 3.63) is 57.0 Å². The van der Waals surface area contributed by atoms with Gasteiger partial charge in [0.1, 0.15) is 5.82 Å². The van der Waals surface area contributed by atoms with E-state index in [0.717, 1.165) is 10.6 Å². The molecule has 0 unspecified atom stereocenters. The standard InChI is InChI=1S/C16H15IN4O2S/c1-9-18-12-4-3-10(7-11(12)15(22)19-9)8-21(2)14-6-5-13(24-14)16(23)20-17/h3-7H,8H2,1-2H3,(H,20,23)(H,18,19,22). The summed E-state index contributed by atoms with van der Waals surface area (Å²) >= 11 is 3.26. The van der Waals surface area contributed by atoms with Gasteiger partial charge in [0.05, 0.1) is 43.6 Å². The van der Waals surface area contributed by atoms with E-state index in [1.165, 1.54) is 11.3 Å². The van der Waals surface area contributed by atoms with E-state index in [2.05, 4.69) is 13.5 Å². The van der Waals surface area contributed by atoms with Crippen LogP contribution in [0.5, 0.6) is 0 Å². The van der Waals surface area contributed by atoms with Gasteiger partial charge in [-0.05, 0) is 36.8 Å². The molecule has 8 heteroatoms. The minimum Gasteiger partial charge on any atom is -0.362 e. The van der Waals surface area contributed by atoms with Crippen LogP contribution in [0.4, 0.5) is 5.00 Å². The molecule has 1 aromatic carbocycles. The highest BCUT2D eigenvalue weighted by atomic mass is 127. The third-order valence-electron chi connectivity index (χ3n) is 3.59. The maximum atomic E-state index is 12.1. The van der Waals surface area contributed by atoms with Crippen LogP contribution in [-0.2, 0) is 6.54 Å². The third kappa shape index (κ3) is 3.44. The van der Waals surface area contributed by atoms with Crippen molar-refractivity contribution in [1.29, 1.82) is 0 Å². The normalized spacial score (nSPS) is 10.8. The van der Waals surface area contributed by atoms with Crippen LogP contribution in [0.2, 0.25) is 0 Å². The van der Waals surface area contributed by atoms with Gasteiger partial charge in [0.25, 0.3) is 11.5 Å². The summed E-state index contributed by atoms with van der Waals surface area (Å²) in [5.74, 6) is 0.510. The Morgan fingerprint density at radius 3 is 2.92 bits per heavy atom. The summed E-state index contributed by atoms with van der Waals surface area (Å²) in [6.45, 7) is 2.40. The number of carbonyl (C=O) groups excluding carboxylic acids is 1. The predicted molar refractivity (Wildman–Crippen MR) is 105 cm³/mol. The number of anilines is 1. The minimum atomic E-state index is -0.126. The number of nitrogens with zero attached hydrogens (tertiary/aromatic N) is 2. The van der Waals surface area contributed by atoms with Crippen LogP contribution in [-0.4, -0.2) is 22.9 Å². The van der Waals surface area contributed by atoms with Gasteiger partial charge < -0.3 is 9.88 Å². The number of thiophene rings is 1. The van der Waals surface area contributed by atoms with Crippen LogP contribution in [0.15, 0.2) is 35.1 Å². The predicted octanol–water partition coefficient (Wildman–Crippen LogP) is 3.01. The fourth-order valence-electron chi connectivity index (χ4n) is 2.45. The molecule has 2 N–H and O–H groups in total. The van der Waals surface area contributed by atoms with Crippen LogP contribution >= 0.6 is 34.2 Å². The Hall–Kier alpha value is -1.94. The van der Waals surface area contributed by atoms with E-state index in [9.17, 15) is 9.59 Å². The first-order valence-electron chi connectivity index (χ1n) is 7.19. The van der Waals surface area contributed by atoms with Gasteiger partial charge >= 0.3 is 0 Å². The number of halogens is 1. The molecule has 2 heterocycles. The molecule has 6 nitrogen and oxygen atoms in total. The van der Waals surface area contributed by atoms with Gasteiger partial charge in [-0.2, -0.15) is 0 Å².